The highest BCUT2D eigenvalue weighted by Gasteiger charge is 2.22. The van der Waals surface area contributed by atoms with Gasteiger partial charge in [0, 0.05) is 23.7 Å². The van der Waals surface area contributed by atoms with Crippen molar-refractivity contribution in [2.45, 2.75) is 6.42 Å². The van der Waals surface area contributed by atoms with Crippen molar-refractivity contribution in [1.29, 1.82) is 0 Å². The molecule has 0 saturated carbocycles. The van der Waals surface area contributed by atoms with E-state index in [0.717, 1.165) is 12.5 Å². The van der Waals surface area contributed by atoms with Gasteiger partial charge in [-0.1, -0.05) is 18.7 Å². The zero-order valence-corrected chi connectivity index (χ0v) is 14.4. The molecule has 0 bridgehead atoms. The van der Waals surface area contributed by atoms with E-state index < -0.39 is 0 Å². The van der Waals surface area contributed by atoms with E-state index in [1.165, 1.54) is 22.6 Å². The van der Waals surface area contributed by atoms with Crippen LogP contribution in [-0.4, -0.2) is 34.9 Å². The van der Waals surface area contributed by atoms with Crippen LogP contribution in [0.5, 0.6) is 5.75 Å². The van der Waals surface area contributed by atoms with E-state index in [9.17, 15) is 14.7 Å². The Morgan fingerprint density at radius 2 is 2.16 bits per heavy atom. The third kappa shape index (κ3) is 3.80. The summed E-state index contributed by atoms with van der Waals surface area (Å²) in [5.74, 6) is -0.728. The Hall–Kier alpha value is -2.86. The number of rotatable bonds is 4. The second kappa shape index (κ2) is 7.36. The molecule has 2 aromatic rings. The highest BCUT2D eigenvalue weighted by atomic mass is 32.1. The number of benzene rings is 1. The third-order valence-corrected chi connectivity index (χ3v) is 4.96. The van der Waals surface area contributed by atoms with Gasteiger partial charge < -0.3 is 15.3 Å². The fraction of sp³-hybridized carbons (Fsp3) is 0.158. The summed E-state index contributed by atoms with van der Waals surface area (Å²) in [4.78, 5) is 27.0. The Bertz CT molecular complexity index is 840. The van der Waals surface area contributed by atoms with Gasteiger partial charge in [-0.15, -0.1) is 11.3 Å². The lowest BCUT2D eigenvalue weighted by Gasteiger charge is -2.26. The number of carbonyl (C=O) groups is 2. The second-order valence-corrected chi connectivity index (χ2v) is 6.58. The lowest BCUT2D eigenvalue weighted by Crippen LogP contribution is -2.34. The first kappa shape index (κ1) is 17.0. The molecule has 0 aliphatic carbocycles. The number of thiophene rings is 1. The van der Waals surface area contributed by atoms with Crippen LogP contribution in [0.15, 0.2) is 54.4 Å². The molecule has 25 heavy (non-hydrogen) atoms. The van der Waals surface area contributed by atoms with Gasteiger partial charge in [-0.3, -0.25) is 9.59 Å². The Balaban J connectivity index is 1.76. The van der Waals surface area contributed by atoms with E-state index in [1.54, 1.807) is 22.3 Å². The van der Waals surface area contributed by atoms with Crippen LogP contribution in [0.3, 0.4) is 0 Å². The SMILES string of the molecule is C=CC(=O)Nc1ccc(O)c(C(=O)N2CC=C(c3cccs3)CC2)c1. The van der Waals surface area contributed by atoms with Gasteiger partial charge in [0.2, 0.25) is 5.91 Å². The minimum absolute atomic E-state index is 0.102. The maximum Gasteiger partial charge on any atom is 0.257 e. The molecule has 128 valence electrons. The predicted molar refractivity (Wildman–Crippen MR) is 99.8 cm³/mol. The van der Waals surface area contributed by atoms with E-state index in [2.05, 4.69) is 18.0 Å². The molecule has 3 rings (SSSR count). The van der Waals surface area contributed by atoms with Gasteiger partial charge in [-0.05, 0) is 47.7 Å². The number of phenols is 1. The van der Waals surface area contributed by atoms with E-state index in [1.807, 2.05) is 17.5 Å². The van der Waals surface area contributed by atoms with Gasteiger partial charge in [-0.25, -0.2) is 0 Å². The van der Waals surface area contributed by atoms with Gasteiger partial charge in [-0.2, -0.15) is 0 Å². The molecular weight excluding hydrogens is 336 g/mol. The van der Waals surface area contributed by atoms with Gasteiger partial charge in [0.15, 0.2) is 0 Å². The first-order valence-corrected chi connectivity index (χ1v) is 8.75. The number of anilines is 1. The largest absolute Gasteiger partial charge is 0.507 e. The minimum atomic E-state index is -0.370. The standard InChI is InChI=1S/C19H18N2O3S/c1-2-18(23)20-14-5-6-16(22)15(12-14)19(24)21-9-7-13(8-10-21)17-4-3-11-25-17/h2-7,11-12,22H,1,8-10H2,(H,20,23). The molecule has 6 heteroatoms. The van der Waals surface area contributed by atoms with Gasteiger partial charge in [0.25, 0.3) is 5.91 Å². The summed E-state index contributed by atoms with van der Waals surface area (Å²) < 4.78 is 0. The fourth-order valence-corrected chi connectivity index (χ4v) is 3.49. The smallest absolute Gasteiger partial charge is 0.257 e. The predicted octanol–water partition coefficient (Wildman–Crippen LogP) is 3.51. The van der Waals surface area contributed by atoms with Crippen molar-refractivity contribution in [2.24, 2.45) is 0 Å². The highest BCUT2D eigenvalue weighted by Crippen LogP contribution is 2.28. The third-order valence-electron chi connectivity index (χ3n) is 4.01. The lowest BCUT2D eigenvalue weighted by molar-refractivity contribution is -0.111. The van der Waals surface area contributed by atoms with E-state index in [4.69, 9.17) is 0 Å². The van der Waals surface area contributed by atoms with Crippen molar-refractivity contribution in [3.63, 3.8) is 0 Å². The maximum absolute atomic E-state index is 12.7. The second-order valence-electron chi connectivity index (χ2n) is 5.63. The Morgan fingerprint density at radius 1 is 1.32 bits per heavy atom. The maximum atomic E-state index is 12.7. The number of carbonyl (C=O) groups excluding carboxylic acids is 2. The van der Waals surface area contributed by atoms with Gasteiger partial charge >= 0.3 is 0 Å². The molecule has 0 fully saturated rings. The average molecular weight is 354 g/mol. The number of nitrogens with zero attached hydrogens (tertiary/aromatic N) is 1. The molecule has 0 saturated heterocycles. The van der Waals surface area contributed by atoms with Crippen LogP contribution in [0.4, 0.5) is 5.69 Å². The van der Waals surface area contributed by atoms with Gasteiger partial charge in [0.1, 0.15) is 5.75 Å². The van der Waals surface area contributed by atoms with Crippen LogP contribution in [0.2, 0.25) is 0 Å². The van der Waals surface area contributed by atoms with Crippen LogP contribution in [-0.2, 0) is 4.79 Å². The Morgan fingerprint density at radius 3 is 2.80 bits per heavy atom. The van der Waals surface area contributed by atoms with Crippen molar-refractivity contribution in [1.82, 2.24) is 4.90 Å². The molecular formula is C19H18N2O3S. The van der Waals surface area contributed by atoms with Crippen LogP contribution >= 0.6 is 11.3 Å². The summed E-state index contributed by atoms with van der Waals surface area (Å²) in [5.41, 5.74) is 1.86. The topological polar surface area (TPSA) is 69.6 Å². The Labute approximate surface area is 149 Å². The molecule has 0 radical (unpaired) electrons. The molecule has 0 unspecified atom stereocenters. The highest BCUT2D eigenvalue weighted by molar-refractivity contribution is 7.11. The van der Waals surface area contributed by atoms with Crippen molar-refractivity contribution in [3.05, 3.63) is 64.9 Å². The van der Waals surface area contributed by atoms with Crippen LogP contribution in [0.25, 0.3) is 5.57 Å². The number of amides is 2. The zero-order chi connectivity index (χ0) is 17.8. The van der Waals surface area contributed by atoms with Crippen LogP contribution in [0, 0.1) is 0 Å². The molecule has 0 spiro atoms. The van der Waals surface area contributed by atoms with E-state index >= 15 is 0 Å². The fourth-order valence-electron chi connectivity index (χ4n) is 2.69. The van der Waals surface area contributed by atoms with Crippen LogP contribution < -0.4 is 5.32 Å². The summed E-state index contributed by atoms with van der Waals surface area (Å²) in [6, 6.07) is 8.52. The minimum Gasteiger partial charge on any atom is -0.507 e. The summed E-state index contributed by atoms with van der Waals surface area (Å²) in [6.45, 7) is 4.47. The van der Waals surface area contributed by atoms with Crippen molar-refractivity contribution in [3.8, 4) is 5.75 Å². The summed E-state index contributed by atoms with van der Waals surface area (Å²) in [7, 11) is 0. The number of aromatic hydroxyl groups is 1. The van der Waals surface area contributed by atoms with Crippen molar-refractivity contribution in [2.75, 3.05) is 18.4 Å². The van der Waals surface area contributed by atoms with E-state index in [0.29, 0.717) is 18.8 Å². The number of phenolic OH excluding ortho intramolecular Hbond substituents is 1. The molecule has 2 heterocycles. The average Bonchev–Trinajstić information content (AvgIpc) is 3.17. The number of hydrogen-bond acceptors (Lipinski definition) is 4. The summed E-state index contributed by atoms with van der Waals surface area (Å²) in [5, 5.41) is 14.7. The summed E-state index contributed by atoms with van der Waals surface area (Å²) in [6.07, 6.45) is 3.98. The van der Waals surface area contributed by atoms with Crippen molar-refractivity contribution < 1.29 is 14.7 Å². The Kier molecular flexibility index (Phi) is 5.00. The monoisotopic (exact) mass is 354 g/mol. The summed E-state index contributed by atoms with van der Waals surface area (Å²) >= 11 is 1.69. The lowest BCUT2D eigenvalue weighted by atomic mass is 10.0. The van der Waals surface area contributed by atoms with Crippen molar-refractivity contribution >= 4 is 34.4 Å². The number of hydrogen-bond donors (Lipinski definition) is 2. The molecule has 5 nitrogen and oxygen atoms in total. The molecule has 1 aromatic heterocycles. The number of nitrogens with one attached hydrogen (secondary N) is 1. The molecule has 1 aliphatic heterocycles. The molecule has 1 aliphatic rings. The first-order chi connectivity index (χ1) is 12.1. The zero-order valence-electron chi connectivity index (χ0n) is 13.6. The quantitative estimate of drug-likeness (QED) is 0.652. The molecule has 1 aromatic carbocycles. The van der Waals surface area contributed by atoms with Gasteiger partial charge in [0.05, 0.1) is 5.56 Å². The van der Waals surface area contributed by atoms with E-state index in [-0.39, 0.29) is 23.1 Å². The normalized spacial score (nSPS) is 13.9. The molecule has 2 N–H and O–H groups in total. The molecule has 0 atom stereocenters. The first-order valence-electron chi connectivity index (χ1n) is 7.87. The molecule has 2 amide bonds. The van der Waals surface area contributed by atoms with Crippen LogP contribution in [0.1, 0.15) is 21.7 Å².